The molecular formula is C41H51N7O2. The van der Waals surface area contributed by atoms with Gasteiger partial charge in [-0.2, -0.15) is 0 Å². The number of urea groups is 2. The number of hydrogen-bond acceptors (Lipinski definition) is 4. The first-order chi connectivity index (χ1) is 24.6. The summed E-state index contributed by atoms with van der Waals surface area (Å²) in [4.78, 5) is 39.1. The molecule has 1 aromatic heterocycles. The molecule has 0 saturated carbocycles. The first kappa shape index (κ1) is 32.8. The monoisotopic (exact) mass is 673 g/mol. The van der Waals surface area contributed by atoms with E-state index >= 15 is 0 Å². The lowest BCUT2D eigenvalue weighted by atomic mass is 9.89. The third kappa shape index (κ3) is 7.11. The second-order valence-corrected chi connectivity index (χ2v) is 14.8. The molecule has 8 rings (SSSR count). The summed E-state index contributed by atoms with van der Waals surface area (Å²) >= 11 is 0. The van der Waals surface area contributed by atoms with E-state index in [0.29, 0.717) is 26.1 Å². The van der Waals surface area contributed by atoms with Crippen molar-refractivity contribution >= 4 is 28.8 Å². The number of para-hydroxylation sites is 3. The summed E-state index contributed by atoms with van der Waals surface area (Å²) in [6, 6.07) is 23.2. The van der Waals surface area contributed by atoms with E-state index in [1.54, 1.807) is 0 Å². The molecule has 0 bridgehead atoms. The number of likely N-dealkylation sites (tertiary alicyclic amines) is 2. The largest absolute Gasteiger partial charge is 0.328 e. The summed E-state index contributed by atoms with van der Waals surface area (Å²) in [5.74, 6) is 0.939. The summed E-state index contributed by atoms with van der Waals surface area (Å²) < 4.78 is 2.37. The molecule has 1 unspecified atom stereocenters. The van der Waals surface area contributed by atoms with Crippen LogP contribution in [0.25, 0.3) is 11.0 Å². The lowest BCUT2D eigenvalue weighted by molar-refractivity contribution is 0.133. The zero-order valence-corrected chi connectivity index (χ0v) is 29.3. The highest BCUT2D eigenvalue weighted by Crippen LogP contribution is 2.29. The third-order valence-corrected chi connectivity index (χ3v) is 11.5. The minimum absolute atomic E-state index is 0.0356. The highest BCUT2D eigenvalue weighted by Gasteiger charge is 2.33. The number of benzene rings is 3. The third-order valence-electron chi connectivity index (χ3n) is 11.5. The molecule has 1 aliphatic carbocycles. The van der Waals surface area contributed by atoms with E-state index in [9.17, 15) is 9.59 Å². The van der Waals surface area contributed by atoms with Crippen LogP contribution in [0.15, 0.2) is 66.7 Å². The van der Waals surface area contributed by atoms with E-state index in [-0.39, 0.29) is 24.1 Å². The molecule has 2 N–H and O–H groups in total. The Morgan fingerprint density at radius 1 is 0.820 bits per heavy atom. The van der Waals surface area contributed by atoms with Crippen LogP contribution in [-0.4, -0.2) is 81.6 Å². The minimum Gasteiger partial charge on any atom is -0.328 e. The molecule has 0 radical (unpaired) electrons. The fraction of sp³-hybridized carbons (Fsp3) is 0.488. The van der Waals surface area contributed by atoms with E-state index in [0.717, 1.165) is 74.2 Å². The Labute approximate surface area is 296 Å². The number of nitrogens with one attached hydrogen (secondary N) is 2. The zero-order chi connectivity index (χ0) is 33.9. The molecule has 4 amide bonds. The number of carbonyl (C=O) groups excluding carboxylic acids is 2. The number of aryl methyl sites for hydroxylation is 3. The van der Waals surface area contributed by atoms with Crippen molar-refractivity contribution in [3.63, 3.8) is 0 Å². The van der Waals surface area contributed by atoms with E-state index in [1.165, 1.54) is 61.0 Å². The van der Waals surface area contributed by atoms with E-state index in [2.05, 4.69) is 68.6 Å². The van der Waals surface area contributed by atoms with Gasteiger partial charge in [-0.3, -0.25) is 0 Å². The van der Waals surface area contributed by atoms with E-state index in [4.69, 9.17) is 4.98 Å². The topological polar surface area (TPSA) is 85.7 Å². The number of anilines is 1. The van der Waals surface area contributed by atoms with Crippen molar-refractivity contribution in [3.8, 4) is 0 Å². The van der Waals surface area contributed by atoms with Gasteiger partial charge in [-0.05, 0) is 131 Å². The molecule has 0 spiro atoms. The van der Waals surface area contributed by atoms with Crippen LogP contribution in [-0.2, 0) is 32.2 Å². The number of aromatic nitrogens is 2. The van der Waals surface area contributed by atoms with Crippen molar-refractivity contribution in [2.75, 3.05) is 44.6 Å². The summed E-state index contributed by atoms with van der Waals surface area (Å²) in [5, 5.41) is 6.61. The molecule has 1 atom stereocenters. The average molecular weight is 674 g/mol. The normalized spacial score (nSPS) is 19.2. The van der Waals surface area contributed by atoms with Gasteiger partial charge in [0.1, 0.15) is 5.82 Å². The average Bonchev–Trinajstić information content (AvgIpc) is 3.76. The second-order valence-electron chi connectivity index (χ2n) is 14.8. The smallest absolute Gasteiger partial charge is 0.322 e. The summed E-state index contributed by atoms with van der Waals surface area (Å²) in [5.41, 5.74) is 8.37. The van der Waals surface area contributed by atoms with Crippen molar-refractivity contribution in [1.29, 1.82) is 0 Å². The van der Waals surface area contributed by atoms with Crippen LogP contribution < -0.4 is 10.6 Å². The molecule has 2 saturated heterocycles. The van der Waals surface area contributed by atoms with Crippen molar-refractivity contribution in [3.05, 3.63) is 94.8 Å². The standard InChI is InChI=1S/C41H51N7O2/c49-40(46-25-19-34(20-26-46)47-27-18-32-11-3-4-13-35(32)43-41(47)50)44-37(29-30-16-17-31-10-1-2-12-33(31)28-30)39-42-36-14-5-6-15-38(36)48(39)24-9-23-45-21-7-8-22-45/h3-6,11,13-17,28,34,37H,1-2,7-10,12,18-27,29H2,(H,43,50)(H,44,49). The van der Waals surface area contributed by atoms with Gasteiger partial charge < -0.3 is 29.9 Å². The van der Waals surface area contributed by atoms with Crippen LogP contribution in [0.1, 0.15) is 79.1 Å². The number of rotatable bonds is 9. The molecule has 262 valence electrons. The SMILES string of the molecule is O=C(NC(Cc1ccc2c(c1)CCCC2)c1nc2ccccc2n1CCCN1CCCC1)N1CCC(N2CCc3ccccc3NC2=O)CC1. The molecule has 4 heterocycles. The lowest BCUT2D eigenvalue weighted by Gasteiger charge is -2.38. The first-order valence-electron chi connectivity index (χ1n) is 19.1. The van der Waals surface area contributed by atoms with Crippen LogP contribution in [0.2, 0.25) is 0 Å². The maximum absolute atomic E-state index is 14.1. The van der Waals surface area contributed by atoms with Crippen molar-refractivity contribution in [1.82, 2.24) is 29.6 Å². The van der Waals surface area contributed by atoms with Gasteiger partial charge >= 0.3 is 12.1 Å². The Kier molecular flexibility index (Phi) is 9.75. The zero-order valence-electron chi connectivity index (χ0n) is 29.3. The maximum Gasteiger partial charge on any atom is 0.322 e. The maximum atomic E-state index is 14.1. The first-order valence-corrected chi connectivity index (χ1v) is 19.1. The Hall–Kier alpha value is -4.37. The highest BCUT2D eigenvalue weighted by atomic mass is 16.2. The Morgan fingerprint density at radius 2 is 1.60 bits per heavy atom. The molecule has 3 aromatic carbocycles. The number of nitrogens with zero attached hydrogens (tertiary/aromatic N) is 5. The Morgan fingerprint density at radius 3 is 2.46 bits per heavy atom. The van der Waals surface area contributed by atoms with Crippen molar-refractivity contribution < 1.29 is 9.59 Å². The van der Waals surface area contributed by atoms with Crippen LogP contribution in [0, 0.1) is 0 Å². The molecule has 9 heteroatoms. The lowest BCUT2D eigenvalue weighted by Crippen LogP contribution is -2.52. The van der Waals surface area contributed by atoms with Gasteiger partial charge in [-0.1, -0.05) is 48.5 Å². The van der Waals surface area contributed by atoms with Crippen LogP contribution in [0.4, 0.5) is 15.3 Å². The summed E-state index contributed by atoms with van der Waals surface area (Å²) in [6.45, 7) is 6.27. The number of fused-ring (bicyclic) bond motifs is 3. The van der Waals surface area contributed by atoms with Crippen LogP contribution in [0.5, 0.6) is 0 Å². The summed E-state index contributed by atoms with van der Waals surface area (Å²) in [7, 11) is 0. The number of carbonyl (C=O) groups is 2. The van der Waals surface area contributed by atoms with Gasteiger partial charge in [0.15, 0.2) is 0 Å². The van der Waals surface area contributed by atoms with Gasteiger partial charge in [0.2, 0.25) is 0 Å². The predicted octanol–water partition coefficient (Wildman–Crippen LogP) is 6.95. The van der Waals surface area contributed by atoms with Gasteiger partial charge in [0.05, 0.1) is 17.1 Å². The fourth-order valence-corrected chi connectivity index (χ4v) is 8.77. The van der Waals surface area contributed by atoms with Gasteiger partial charge in [-0.15, -0.1) is 0 Å². The molecule has 4 aromatic rings. The predicted molar refractivity (Wildman–Crippen MR) is 199 cm³/mol. The van der Waals surface area contributed by atoms with Gasteiger partial charge in [0.25, 0.3) is 0 Å². The Bertz CT molecular complexity index is 1820. The van der Waals surface area contributed by atoms with Crippen LogP contribution >= 0.6 is 0 Å². The van der Waals surface area contributed by atoms with E-state index < -0.39 is 0 Å². The number of imidazole rings is 1. The summed E-state index contributed by atoms with van der Waals surface area (Å²) in [6.07, 6.45) is 11.5. The fourth-order valence-electron chi connectivity index (χ4n) is 8.77. The molecule has 50 heavy (non-hydrogen) atoms. The van der Waals surface area contributed by atoms with E-state index in [1.807, 2.05) is 28.0 Å². The van der Waals surface area contributed by atoms with Gasteiger partial charge in [0, 0.05) is 37.9 Å². The van der Waals surface area contributed by atoms with Crippen molar-refractivity contribution in [2.24, 2.45) is 0 Å². The highest BCUT2D eigenvalue weighted by molar-refractivity contribution is 5.91. The quantitative estimate of drug-likeness (QED) is 0.202. The molecule has 9 nitrogen and oxygen atoms in total. The number of piperidine rings is 1. The molecule has 4 aliphatic rings. The second kappa shape index (κ2) is 14.9. The number of hydrogen-bond donors (Lipinski definition) is 2. The molecule has 2 fully saturated rings. The number of amides is 4. The van der Waals surface area contributed by atoms with Crippen LogP contribution in [0.3, 0.4) is 0 Å². The van der Waals surface area contributed by atoms with Gasteiger partial charge in [-0.25, -0.2) is 14.6 Å². The Balaban J connectivity index is 1.00. The molecule has 3 aliphatic heterocycles. The molecular weight excluding hydrogens is 622 g/mol. The van der Waals surface area contributed by atoms with Crippen molar-refractivity contribution in [2.45, 2.75) is 89.3 Å². The minimum atomic E-state index is -0.268.